The number of hydrogen-bond acceptors (Lipinski definition) is 5. The molecule has 0 aliphatic carbocycles. The third-order valence-corrected chi connectivity index (χ3v) is 6.21. The van der Waals surface area contributed by atoms with Crippen molar-refractivity contribution in [1.82, 2.24) is 19.5 Å². The lowest BCUT2D eigenvalue weighted by atomic mass is 10.1. The number of fused-ring (bicyclic) bond motifs is 1. The van der Waals surface area contributed by atoms with Gasteiger partial charge in [0, 0.05) is 54.2 Å². The van der Waals surface area contributed by atoms with Gasteiger partial charge in [-0.2, -0.15) is 13.2 Å². The molecule has 3 aromatic heterocycles. The molecule has 3 N–H and O–H groups in total. The highest BCUT2D eigenvalue weighted by Gasteiger charge is 2.33. The summed E-state index contributed by atoms with van der Waals surface area (Å²) in [6.45, 7) is 2.16. The molecule has 0 aliphatic heterocycles. The van der Waals surface area contributed by atoms with E-state index in [-0.39, 0.29) is 23.4 Å². The maximum atomic E-state index is 13.8. The second-order valence-electron chi connectivity index (χ2n) is 9.00. The summed E-state index contributed by atoms with van der Waals surface area (Å²) in [5.41, 5.74) is 2.50. The number of hydrogen-bond donors (Lipinski definition) is 3. The smallest absolute Gasteiger partial charge is 0.416 e. The molecule has 1 amide bonds. The minimum atomic E-state index is -4.59. The first kappa shape index (κ1) is 25.8. The van der Waals surface area contributed by atoms with Crippen molar-refractivity contribution in [2.24, 2.45) is 0 Å². The van der Waals surface area contributed by atoms with E-state index in [1.807, 2.05) is 6.07 Å². The van der Waals surface area contributed by atoms with Gasteiger partial charge in [0.1, 0.15) is 11.4 Å². The van der Waals surface area contributed by atoms with Crippen molar-refractivity contribution in [1.29, 1.82) is 0 Å². The number of aromatic amines is 1. The summed E-state index contributed by atoms with van der Waals surface area (Å²) in [4.78, 5) is 24.4. The number of rotatable bonds is 8. The van der Waals surface area contributed by atoms with Gasteiger partial charge in [0.05, 0.1) is 30.1 Å². The van der Waals surface area contributed by atoms with Crippen LogP contribution in [0.3, 0.4) is 0 Å². The van der Waals surface area contributed by atoms with E-state index in [4.69, 9.17) is 4.74 Å². The van der Waals surface area contributed by atoms with Gasteiger partial charge >= 0.3 is 6.18 Å². The van der Waals surface area contributed by atoms with Gasteiger partial charge < -0.3 is 24.9 Å². The largest absolute Gasteiger partial charge is 0.496 e. The highest BCUT2D eigenvalue weighted by atomic mass is 19.4. The average Bonchev–Trinajstić information content (AvgIpc) is 3.56. The summed E-state index contributed by atoms with van der Waals surface area (Å²) in [6.07, 6.45) is 2.05. The lowest BCUT2D eigenvalue weighted by Crippen LogP contribution is -2.15. The monoisotopic (exact) mass is 534 g/mol. The van der Waals surface area contributed by atoms with Crippen LogP contribution in [0.1, 0.15) is 32.7 Å². The Bertz CT molecular complexity index is 1640. The lowest BCUT2D eigenvalue weighted by molar-refractivity contribution is -0.138. The van der Waals surface area contributed by atoms with Crippen LogP contribution >= 0.6 is 0 Å². The van der Waals surface area contributed by atoms with Gasteiger partial charge in [-0.3, -0.25) is 4.79 Å². The second-order valence-corrected chi connectivity index (χ2v) is 9.00. The molecule has 5 rings (SSSR count). The molecule has 3 heterocycles. The van der Waals surface area contributed by atoms with E-state index in [0.717, 1.165) is 17.0 Å². The molecule has 11 heteroatoms. The number of carbonyl (C=O) groups excluding carboxylic acids is 1. The molecule has 0 aliphatic rings. The van der Waals surface area contributed by atoms with Crippen molar-refractivity contribution in [3.63, 3.8) is 0 Å². The summed E-state index contributed by atoms with van der Waals surface area (Å²) in [5.74, 6) is 0.160. The van der Waals surface area contributed by atoms with E-state index in [1.165, 1.54) is 18.5 Å². The van der Waals surface area contributed by atoms with Crippen molar-refractivity contribution >= 4 is 28.3 Å². The van der Waals surface area contributed by atoms with Gasteiger partial charge in [-0.05, 0) is 48.9 Å². The highest BCUT2D eigenvalue weighted by Crippen LogP contribution is 2.34. The number of H-pyrrole nitrogens is 1. The van der Waals surface area contributed by atoms with Crippen LogP contribution in [-0.2, 0) is 19.3 Å². The zero-order chi connectivity index (χ0) is 27.6. The predicted octanol–water partition coefficient (Wildman–Crippen LogP) is 6.01. The van der Waals surface area contributed by atoms with Crippen LogP contribution in [0, 0.1) is 6.92 Å². The fraction of sp³-hybridized carbons (Fsp3) is 0.179. The lowest BCUT2D eigenvalue weighted by Gasteiger charge is -2.16. The SMILES string of the molecule is COc1c(CNc2cccc(C(=O)Nc3ccc(Cn4cnc(C)c4)c(C(F)(F)F)c3)c2)cnc2[nH]ccc12. The maximum Gasteiger partial charge on any atom is 0.416 e. The molecule has 5 aromatic rings. The summed E-state index contributed by atoms with van der Waals surface area (Å²) in [5, 5.41) is 6.69. The second kappa shape index (κ2) is 10.5. The molecule has 0 saturated heterocycles. The van der Waals surface area contributed by atoms with E-state index in [2.05, 4.69) is 25.6 Å². The molecule has 0 saturated carbocycles. The third-order valence-electron chi connectivity index (χ3n) is 6.21. The Labute approximate surface area is 221 Å². The molecule has 0 unspecified atom stereocenters. The summed E-state index contributed by atoms with van der Waals surface area (Å²) in [6, 6.07) is 12.4. The summed E-state index contributed by atoms with van der Waals surface area (Å²) >= 11 is 0. The molecule has 0 spiro atoms. The third kappa shape index (κ3) is 5.71. The minimum absolute atomic E-state index is 0.00888. The van der Waals surface area contributed by atoms with Crippen LogP contribution in [0.5, 0.6) is 5.75 Å². The number of anilines is 2. The number of nitrogens with zero attached hydrogens (tertiary/aromatic N) is 3. The van der Waals surface area contributed by atoms with Crippen LogP contribution in [0.4, 0.5) is 24.5 Å². The Hall–Kier alpha value is -4.80. The van der Waals surface area contributed by atoms with E-state index in [9.17, 15) is 18.0 Å². The average molecular weight is 535 g/mol. The Balaban J connectivity index is 1.31. The minimum Gasteiger partial charge on any atom is -0.496 e. The van der Waals surface area contributed by atoms with E-state index < -0.39 is 17.6 Å². The fourth-order valence-corrected chi connectivity index (χ4v) is 4.37. The van der Waals surface area contributed by atoms with Crippen LogP contribution in [-0.4, -0.2) is 32.5 Å². The number of amides is 1. The molecule has 39 heavy (non-hydrogen) atoms. The number of carbonyl (C=O) groups is 1. The molecule has 200 valence electrons. The van der Waals surface area contributed by atoms with E-state index in [1.54, 1.807) is 61.5 Å². The Morgan fingerprint density at radius 3 is 2.67 bits per heavy atom. The van der Waals surface area contributed by atoms with Gasteiger partial charge in [0.15, 0.2) is 0 Å². The standard InChI is InChI=1S/C28H25F3N6O2/c1-17-14-37(16-35-17)15-19-6-7-22(11-24(19)28(29,30)31)36-27(38)18-4-3-5-21(10-18)33-12-20-13-34-26-23(8-9-32-26)25(20)39-2/h3-11,13-14,16,33H,12,15H2,1-2H3,(H,32,34)(H,36,38). The van der Waals surface area contributed by atoms with Crippen molar-refractivity contribution < 1.29 is 22.7 Å². The quantitative estimate of drug-likeness (QED) is 0.227. The van der Waals surface area contributed by atoms with Crippen molar-refractivity contribution in [2.75, 3.05) is 17.7 Å². The number of alkyl halides is 3. The number of methoxy groups -OCH3 is 1. The molecule has 0 bridgehead atoms. The van der Waals surface area contributed by atoms with Crippen molar-refractivity contribution in [3.8, 4) is 5.75 Å². The van der Waals surface area contributed by atoms with Gasteiger partial charge in [-0.15, -0.1) is 0 Å². The Morgan fingerprint density at radius 1 is 1.08 bits per heavy atom. The van der Waals surface area contributed by atoms with Crippen LogP contribution in [0.25, 0.3) is 11.0 Å². The number of halogens is 3. The number of pyridine rings is 1. The molecule has 0 radical (unpaired) electrons. The number of aryl methyl sites for hydroxylation is 1. The Kier molecular flexibility index (Phi) is 6.97. The number of nitrogens with one attached hydrogen (secondary N) is 3. The maximum absolute atomic E-state index is 13.8. The molecule has 8 nitrogen and oxygen atoms in total. The number of ether oxygens (including phenoxy) is 1. The van der Waals surface area contributed by atoms with Gasteiger partial charge in [-0.1, -0.05) is 12.1 Å². The first-order chi connectivity index (χ1) is 18.7. The number of aromatic nitrogens is 4. The predicted molar refractivity (Wildman–Crippen MR) is 142 cm³/mol. The topological polar surface area (TPSA) is 96.9 Å². The number of benzene rings is 2. The van der Waals surface area contributed by atoms with Gasteiger partial charge in [0.2, 0.25) is 0 Å². The van der Waals surface area contributed by atoms with Crippen LogP contribution in [0.2, 0.25) is 0 Å². The fourth-order valence-electron chi connectivity index (χ4n) is 4.37. The first-order valence-electron chi connectivity index (χ1n) is 12.0. The van der Waals surface area contributed by atoms with Gasteiger partial charge in [-0.25, -0.2) is 9.97 Å². The normalized spacial score (nSPS) is 11.5. The van der Waals surface area contributed by atoms with Crippen LogP contribution < -0.4 is 15.4 Å². The summed E-state index contributed by atoms with van der Waals surface area (Å²) < 4.78 is 48.6. The molecular weight excluding hydrogens is 509 g/mol. The molecule has 0 atom stereocenters. The zero-order valence-electron chi connectivity index (χ0n) is 21.1. The molecular formula is C28H25F3N6O2. The first-order valence-corrected chi connectivity index (χ1v) is 12.0. The summed E-state index contributed by atoms with van der Waals surface area (Å²) in [7, 11) is 1.59. The van der Waals surface area contributed by atoms with Crippen molar-refractivity contribution in [2.45, 2.75) is 26.2 Å². The van der Waals surface area contributed by atoms with E-state index >= 15 is 0 Å². The van der Waals surface area contributed by atoms with Crippen LogP contribution in [0.15, 0.2) is 73.4 Å². The highest BCUT2D eigenvalue weighted by molar-refractivity contribution is 6.04. The molecule has 0 fully saturated rings. The Morgan fingerprint density at radius 2 is 1.92 bits per heavy atom. The number of imidazole rings is 1. The zero-order valence-corrected chi connectivity index (χ0v) is 21.1. The van der Waals surface area contributed by atoms with Crippen molar-refractivity contribution in [3.05, 3.63) is 101 Å². The van der Waals surface area contributed by atoms with E-state index in [0.29, 0.717) is 29.3 Å². The molecule has 2 aromatic carbocycles. The van der Waals surface area contributed by atoms with Gasteiger partial charge in [0.25, 0.3) is 5.91 Å².